The van der Waals surface area contributed by atoms with Gasteiger partial charge in [0.2, 0.25) is 0 Å². The van der Waals surface area contributed by atoms with E-state index in [1.54, 1.807) is 0 Å². The van der Waals surface area contributed by atoms with Gasteiger partial charge in [0, 0.05) is 16.3 Å². The zero-order valence-corrected chi connectivity index (χ0v) is 12.3. The van der Waals surface area contributed by atoms with E-state index in [1.165, 1.54) is 12.8 Å². The minimum atomic E-state index is -0.210. The number of allylic oxidation sites excluding steroid dienone is 2. The Morgan fingerprint density at radius 3 is 2.24 bits per heavy atom. The third kappa shape index (κ3) is 1.27. The maximum atomic E-state index is 12.2. The number of rotatable bonds is 0. The van der Waals surface area contributed by atoms with Crippen molar-refractivity contribution in [3.63, 3.8) is 0 Å². The van der Waals surface area contributed by atoms with Gasteiger partial charge in [0.15, 0.2) is 5.78 Å². The molecule has 0 aromatic heterocycles. The molecule has 17 heavy (non-hydrogen) atoms. The Morgan fingerprint density at radius 1 is 1.06 bits per heavy atom. The smallest absolute Gasteiger partial charge is 0.199 e. The van der Waals surface area contributed by atoms with Gasteiger partial charge in [-0.05, 0) is 40.6 Å². The lowest BCUT2D eigenvalue weighted by Gasteiger charge is -2.42. The molecule has 0 radical (unpaired) electrons. The predicted octanol–water partition coefficient (Wildman–Crippen LogP) is 3.17. The molecule has 0 amide bonds. The van der Waals surface area contributed by atoms with Crippen molar-refractivity contribution >= 4 is 37.6 Å². The van der Waals surface area contributed by atoms with E-state index >= 15 is 0 Å². The Morgan fingerprint density at radius 2 is 1.65 bits per heavy atom. The molecule has 5 rings (SSSR count). The van der Waals surface area contributed by atoms with Gasteiger partial charge in [-0.1, -0.05) is 28.1 Å². The molecular weight excluding hydrogens is 348 g/mol. The van der Waals surface area contributed by atoms with Crippen molar-refractivity contribution in [2.75, 3.05) is 0 Å². The minimum Gasteiger partial charge on any atom is -0.361 e. The molecule has 2 aliphatic heterocycles. The second kappa shape index (κ2) is 3.55. The first-order chi connectivity index (χ1) is 8.18. The van der Waals surface area contributed by atoms with Crippen LogP contribution in [0, 0.1) is 23.7 Å². The van der Waals surface area contributed by atoms with E-state index in [2.05, 4.69) is 44.0 Å². The molecule has 5 aliphatic rings. The maximum Gasteiger partial charge on any atom is 0.199 e. The topological polar surface area (TPSA) is 26.3 Å². The lowest BCUT2D eigenvalue weighted by atomic mass is 9.60. The van der Waals surface area contributed by atoms with Gasteiger partial charge in [-0.25, -0.2) is 0 Å². The van der Waals surface area contributed by atoms with Crippen molar-refractivity contribution in [1.29, 1.82) is 0 Å². The largest absolute Gasteiger partial charge is 0.361 e. The zero-order valence-electron chi connectivity index (χ0n) is 9.11. The summed E-state index contributed by atoms with van der Waals surface area (Å²) < 4.78 is 7.62. The Bertz CT molecular complexity index is 468. The van der Waals surface area contributed by atoms with Gasteiger partial charge in [-0.15, -0.1) is 0 Å². The van der Waals surface area contributed by atoms with Crippen LogP contribution in [-0.2, 0) is 9.53 Å². The number of fused-ring (bicyclic) bond motifs is 3. The molecular formula is C13H12Br2O2. The fourth-order valence-electron chi connectivity index (χ4n) is 4.10. The standard InChI is InChI=1S/C13H12Br2O2/c14-9-10(15)12-7-5-1-3-6(4-2-5)8(7)13(17-12)11(9)16/h1,3,5-8,12-13H,2,4H2/t5-,6+,7-,8+,12-,13+/m1/s1. The van der Waals surface area contributed by atoms with Crippen LogP contribution in [0.15, 0.2) is 21.1 Å². The highest BCUT2D eigenvalue weighted by atomic mass is 79.9. The van der Waals surface area contributed by atoms with Crippen LogP contribution in [0.5, 0.6) is 0 Å². The third-order valence-electron chi connectivity index (χ3n) is 4.80. The summed E-state index contributed by atoms with van der Waals surface area (Å²) in [5.41, 5.74) is 0. The van der Waals surface area contributed by atoms with Crippen molar-refractivity contribution in [1.82, 2.24) is 0 Å². The number of Topliss-reactive ketones (excluding diaryl/α,β-unsaturated/α-hetero) is 1. The van der Waals surface area contributed by atoms with Crippen LogP contribution >= 0.6 is 31.9 Å². The molecule has 6 atom stereocenters. The van der Waals surface area contributed by atoms with E-state index in [0.29, 0.717) is 28.2 Å². The molecule has 0 unspecified atom stereocenters. The van der Waals surface area contributed by atoms with Gasteiger partial charge in [-0.2, -0.15) is 0 Å². The van der Waals surface area contributed by atoms with Crippen LogP contribution in [0.4, 0.5) is 0 Å². The molecule has 2 heterocycles. The fourth-order valence-corrected chi connectivity index (χ4v) is 5.16. The molecule has 2 nitrogen and oxygen atoms in total. The highest BCUT2D eigenvalue weighted by Gasteiger charge is 2.59. The number of ketones is 1. The summed E-state index contributed by atoms with van der Waals surface area (Å²) in [5, 5.41) is 0. The Kier molecular flexibility index (Phi) is 2.28. The summed E-state index contributed by atoms with van der Waals surface area (Å²) in [4.78, 5) is 12.2. The predicted molar refractivity (Wildman–Crippen MR) is 70.9 cm³/mol. The molecule has 1 saturated carbocycles. The lowest BCUT2D eigenvalue weighted by molar-refractivity contribution is -0.128. The van der Waals surface area contributed by atoms with Gasteiger partial charge in [0.1, 0.15) is 6.10 Å². The molecule has 4 heteroatoms. The number of hydrogen-bond acceptors (Lipinski definition) is 2. The Balaban J connectivity index is 1.85. The van der Waals surface area contributed by atoms with Crippen LogP contribution in [0.25, 0.3) is 0 Å². The first-order valence-electron chi connectivity index (χ1n) is 6.11. The van der Waals surface area contributed by atoms with E-state index in [4.69, 9.17) is 4.74 Å². The summed E-state index contributed by atoms with van der Waals surface area (Å²) in [6, 6.07) is 0. The van der Waals surface area contributed by atoms with Crippen LogP contribution < -0.4 is 0 Å². The number of carbonyl (C=O) groups is 1. The molecule has 0 spiro atoms. The summed E-state index contributed by atoms with van der Waals surface area (Å²) in [6.45, 7) is 0. The highest BCUT2D eigenvalue weighted by molar-refractivity contribution is 9.14. The lowest BCUT2D eigenvalue weighted by Crippen LogP contribution is -2.41. The van der Waals surface area contributed by atoms with Gasteiger partial charge in [0.05, 0.1) is 10.6 Å². The van der Waals surface area contributed by atoms with Crippen molar-refractivity contribution in [2.45, 2.75) is 25.0 Å². The number of ether oxygens (including phenoxy) is 1. The van der Waals surface area contributed by atoms with Crippen LogP contribution in [0.2, 0.25) is 0 Å². The molecule has 0 aromatic rings. The minimum absolute atomic E-state index is 0.0924. The van der Waals surface area contributed by atoms with Crippen molar-refractivity contribution in [3.05, 3.63) is 21.1 Å². The SMILES string of the molecule is O=C1C(Br)=C(Br)[C@@H]2O[C@H]1[C@@H]1[C@H]2[C@@H]2C=C[C@H]1CC2. The van der Waals surface area contributed by atoms with E-state index in [-0.39, 0.29) is 18.0 Å². The quantitative estimate of drug-likeness (QED) is 0.621. The van der Waals surface area contributed by atoms with E-state index in [9.17, 15) is 4.79 Å². The summed E-state index contributed by atoms with van der Waals surface area (Å²) in [5.74, 6) is 2.17. The molecule has 0 aromatic carbocycles. The fraction of sp³-hybridized carbons (Fsp3) is 0.615. The molecule has 0 N–H and O–H groups in total. The number of hydrogen-bond donors (Lipinski definition) is 0. The van der Waals surface area contributed by atoms with Crippen molar-refractivity contribution < 1.29 is 9.53 Å². The average Bonchev–Trinajstić information content (AvgIpc) is 2.76. The molecule has 90 valence electrons. The molecule has 2 fully saturated rings. The molecule has 4 bridgehead atoms. The maximum absolute atomic E-state index is 12.2. The zero-order chi connectivity index (χ0) is 11.7. The van der Waals surface area contributed by atoms with Crippen LogP contribution in [-0.4, -0.2) is 18.0 Å². The summed E-state index contributed by atoms with van der Waals surface area (Å²) >= 11 is 6.96. The highest BCUT2D eigenvalue weighted by Crippen LogP contribution is 2.57. The van der Waals surface area contributed by atoms with E-state index < -0.39 is 0 Å². The van der Waals surface area contributed by atoms with Crippen LogP contribution in [0.1, 0.15) is 12.8 Å². The van der Waals surface area contributed by atoms with E-state index in [0.717, 1.165) is 4.48 Å². The van der Waals surface area contributed by atoms with Crippen molar-refractivity contribution in [2.24, 2.45) is 23.7 Å². The molecule has 3 aliphatic carbocycles. The van der Waals surface area contributed by atoms with Crippen molar-refractivity contribution in [3.8, 4) is 0 Å². The summed E-state index contributed by atoms with van der Waals surface area (Å²) in [7, 11) is 0. The van der Waals surface area contributed by atoms with Gasteiger partial charge >= 0.3 is 0 Å². The number of carbonyl (C=O) groups excluding carboxylic acids is 1. The molecule has 1 saturated heterocycles. The van der Waals surface area contributed by atoms with Crippen LogP contribution in [0.3, 0.4) is 0 Å². The van der Waals surface area contributed by atoms with Gasteiger partial charge < -0.3 is 4.74 Å². The third-order valence-corrected chi connectivity index (χ3v) is 7.00. The average molecular weight is 360 g/mol. The second-order valence-corrected chi connectivity index (χ2v) is 7.10. The summed E-state index contributed by atoms with van der Waals surface area (Å²) in [6.07, 6.45) is 7.01. The Hall–Kier alpha value is 0.0700. The van der Waals surface area contributed by atoms with E-state index in [1.807, 2.05) is 0 Å². The normalized spacial score (nSPS) is 51.1. The first-order valence-corrected chi connectivity index (χ1v) is 7.70. The van der Waals surface area contributed by atoms with Gasteiger partial charge in [0.25, 0.3) is 0 Å². The number of halogens is 2. The van der Waals surface area contributed by atoms with Gasteiger partial charge in [-0.3, -0.25) is 4.79 Å². The Labute approximate surface area is 117 Å². The first kappa shape index (κ1) is 10.9. The second-order valence-electron chi connectivity index (χ2n) is 5.45. The monoisotopic (exact) mass is 358 g/mol.